The predicted molar refractivity (Wildman–Crippen MR) is 62.3 cm³/mol. The molecule has 2 heteroatoms. The van der Waals surface area contributed by atoms with Gasteiger partial charge >= 0.3 is 0 Å². The quantitative estimate of drug-likeness (QED) is 0.734. The normalized spacial score (nSPS) is 22.9. The zero-order valence-electron chi connectivity index (χ0n) is 10.00. The number of rotatable bonds is 5. The van der Waals surface area contributed by atoms with Crippen LogP contribution >= 0.6 is 0 Å². The molecule has 1 aliphatic carbocycles. The standard InChI is InChI=1S/C12H26N2/c1-4-10(2)12(9-13)14(3)11-7-5-6-8-11/h10-12H,4-9,13H2,1-3H3. The average molecular weight is 198 g/mol. The average Bonchev–Trinajstić information content (AvgIpc) is 2.71. The summed E-state index contributed by atoms with van der Waals surface area (Å²) >= 11 is 0. The molecule has 0 amide bonds. The van der Waals surface area contributed by atoms with Crippen LogP contribution in [-0.4, -0.2) is 30.6 Å². The van der Waals surface area contributed by atoms with Gasteiger partial charge in [0.1, 0.15) is 0 Å². The van der Waals surface area contributed by atoms with E-state index in [2.05, 4.69) is 25.8 Å². The van der Waals surface area contributed by atoms with Gasteiger partial charge in [-0.2, -0.15) is 0 Å². The summed E-state index contributed by atoms with van der Waals surface area (Å²) in [6, 6.07) is 1.39. The van der Waals surface area contributed by atoms with Gasteiger partial charge in [0.05, 0.1) is 0 Å². The molecule has 2 nitrogen and oxygen atoms in total. The van der Waals surface area contributed by atoms with Crippen LogP contribution in [0.15, 0.2) is 0 Å². The first kappa shape index (κ1) is 12.0. The molecular formula is C12H26N2. The zero-order chi connectivity index (χ0) is 10.6. The number of hydrogen-bond acceptors (Lipinski definition) is 2. The molecule has 0 aliphatic heterocycles. The Kier molecular flexibility index (Phi) is 4.90. The van der Waals surface area contributed by atoms with Crippen molar-refractivity contribution >= 4 is 0 Å². The lowest BCUT2D eigenvalue weighted by molar-refractivity contribution is 0.133. The van der Waals surface area contributed by atoms with Crippen molar-refractivity contribution in [3.8, 4) is 0 Å². The summed E-state index contributed by atoms with van der Waals surface area (Å²) in [7, 11) is 2.26. The highest BCUT2D eigenvalue weighted by Crippen LogP contribution is 2.26. The van der Waals surface area contributed by atoms with Gasteiger partial charge in [-0.3, -0.25) is 4.90 Å². The van der Waals surface area contributed by atoms with Crippen LogP contribution < -0.4 is 5.73 Å². The first-order valence-corrected chi connectivity index (χ1v) is 6.12. The van der Waals surface area contributed by atoms with Gasteiger partial charge in [0, 0.05) is 18.6 Å². The topological polar surface area (TPSA) is 29.3 Å². The van der Waals surface area contributed by atoms with E-state index in [1.165, 1.54) is 32.1 Å². The molecule has 14 heavy (non-hydrogen) atoms. The summed E-state index contributed by atoms with van der Waals surface area (Å²) in [5.41, 5.74) is 5.88. The second-order valence-corrected chi connectivity index (χ2v) is 4.79. The van der Waals surface area contributed by atoms with Crippen molar-refractivity contribution in [2.75, 3.05) is 13.6 Å². The van der Waals surface area contributed by atoms with E-state index >= 15 is 0 Å². The van der Waals surface area contributed by atoms with Crippen molar-refractivity contribution in [1.82, 2.24) is 4.90 Å². The Labute approximate surface area is 88.8 Å². The van der Waals surface area contributed by atoms with Gasteiger partial charge in [-0.25, -0.2) is 0 Å². The highest BCUT2D eigenvalue weighted by molar-refractivity contribution is 4.83. The van der Waals surface area contributed by atoms with Gasteiger partial charge in [0.25, 0.3) is 0 Å². The lowest BCUT2D eigenvalue weighted by Gasteiger charge is -2.35. The molecule has 0 aromatic carbocycles. The van der Waals surface area contributed by atoms with Crippen LogP contribution in [0.4, 0.5) is 0 Å². The Bertz CT molecular complexity index is 152. The van der Waals surface area contributed by atoms with E-state index in [-0.39, 0.29) is 0 Å². The van der Waals surface area contributed by atoms with Crippen LogP contribution in [0, 0.1) is 5.92 Å². The lowest BCUT2D eigenvalue weighted by atomic mass is 9.96. The third-order valence-corrected chi connectivity index (χ3v) is 3.97. The Morgan fingerprint density at radius 2 is 1.93 bits per heavy atom. The van der Waals surface area contributed by atoms with Crippen molar-refractivity contribution in [2.24, 2.45) is 11.7 Å². The van der Waals surface area contributed by atoms with Crippen LogP contribution in [0.2, 0.25) is 0 Å². The molecule has 0 heterocycles. The van der Waals surface area contributed by atoms with Crippen LogP contribution in [0.1, 0.15) is 46.0 Å². The summed E-state index contributed by atoms with van der Waals surface area (Å²) in [5, 5.41) is 0. The van der Waals surface area contributed by atoms with Gasteiger partial charge in [-0.05, 0) is 25.8 Å². The molecule has 0 aromatic heterocycles. The van der Waals surface area contributed by atoms with Gasteiger partial charge in [-0.1, -0.05) is 33.1 Å². The summed E-state index contributed by atoms with van der Waals surface area (Å²) in [4.78, 5) is 2.54. The van der Waals surface area contributed by atoms with E-state index in [4.69, 9.17) is 5.73 Å². The van der Waals surface area contributed by atoms with E-state index in [1.54, 1.807) is 0 Å². The second kappa shape index (κ2) is 5.72. The highest BCUT2D eigenvalue weighted by atomic mass is 15.2. The minimum absolute atomic E-state index is 0.586. The Morgan fingerprint density at radius 1 is 1.36 bits per heavy atom. The Morgan fingerprint density at radius 3 is 2.36 bits per heavy atom. The predicted octanol–water partition coefficient (Wildman–Crippen LogP) is 2.23. The van der Waals surface area contributed by atoms with Crippen LogP contribution in [0.3, 0.4) is 0 Å². The molecule has 0 spiro atoms. The highest BCUT2D eigenvalue weighted by Gasteiger charge is 2.27. The molecule has 2 N–H and O–H groups in total. The smallest absolute Gasteiger partial charge is 0.0243 e. The molecule has 2 atom stereocenters. The first-order valence-electron chi connectivity index (χ1n) is 6.12. The van der Waals surface area contributed by atoms with Crippen LogP contribution in [0.25, 0.3) is 0 Å². The fourth-order valence-corrected chi connectivity index (χ4v) is 2.65. The maximum Gasteiger partial charge on any atom is 0.0243 e. The molecule has 1 aliphatic rings. The van der Waals surface area contributed by atoms with Crippen LogP contribution in [-0.2, 0) is 0 Å². The van der Waals surface area contributed by atoms with E-state index in [1.807, 2.05) is 0 Å². The maximum atomic E-state index is 5.88. The molecule has 84 valence electrons. The maximum absolute atomic E-state index is 5.88. The van der Waals surface area contributed by atoms with Crippen molar-refractivity contribution in [3.05, 3.63) is 0 Å². The van der Waals surface area contributed by atoms with Gasteiger partial charge in [0.15, 0.2) is 0 Å². The summed E-state index contributed by atoms with van der Waals surface area (Å²) in [5.74, 6) is 0.727. The largest absolute Gasteiger partial charge is 0.329 e. The van der Waals surface area contributed by atoms with Gasteiger partial charge < -0.3 is 5.73 Å². The third kappa shape index (κ3) is 2.71. The fraction of sp³-hybridized carbons (Fsp3) is 1.00. The van der Waals surface area contributed by atoms with Crippen molar-refractivity contribution in [1.29, 1.82) is 0 Å². The van der Waals surface area contributed by atoms with E-state index in [0.29, 0.717) is 6.04 Å². The van der Waals surface area contributed by atoms with Crippen molar-refractivity contribution < 1.29 is 0 Å². The number of hydrogen-bond donors (Lipinski definition) is 1. The number of likely N-dealkylation sites (N-methyl/N-ethyl adjacent to an activating group) is 1. The SMILES string of the molecule is CCC(C)C(CN)N(C)C1CCCC1. The number of nitrogens with two attached hydrogens (primary N) is 1. The Balaban J connectivity index is 2.49. The summed E-state index contributed by atoms with van der Waals surface area (Å²) < 4.78 is 0. The third-order valence-electron chi connectivity index (χ3n) is 3.97. The number of nitrogens with zero attached hydrogens (tertiary/aromatic N) is 1. The van der Waals surface area contributed by atoms with E-state index < -0.39 is 0 Å². The van der Waals surface area contributed by atoms with E-state index in [0.717, 1.165) is 18.5 Å². The molecule has 0 aromatic rings. The van der Waals surface area contributed by atoms with Crippen LogP contribution in [0.5, 0.6) is 0 Å². The van der Waals surface area contributed by atoms with Gasteiger partial charge in [-0.15, -0.1) is 0 Å². The summed E-state index contributed by atoms with van der Waals surface area (Å²) in [6.45, 7) is 5.39. The minimum Gasteiger partial charge on any atom is -0.329 e. The molecule has 0 saturated heterocycles. The molecule has 0 radical (unpaired) electrons. The lowest BCUT2D eigenvalue weighted by Crippen LogP contribution is -2.46. The Hall–Kier alpha value is -0.0800. The molecule has 2 unspecified atom stereocenters. The molecule has 1 rings (SSSR count). The molecule has 1 fully saturated rings. The minimum atomic E-state index is 0.586. The first-order chi connectivity index (χ1) is 6.70. The van der Waals surface area contributed by atoms with E-state index in [9.17, 15) is 0 Å². The van der Waals surface area contributed by atoms with Crippen molar-refractivity contribution in [2.45, 2.75) is 58.0 Å². The molecular weight excluding hydrogens is 172 g/mol. The molecule has 0 bridgehead atoms. The fourth-order valence-electron chi connectivity index (χ4n) is 2.65. The second-order valence-electron chi connectivity index (χ2n) is 4.79. The van der Waals surface area contributed by atoms with Crippen molar-refractivity contribution in [3.63, 3.8) is 0 Å². The molecule has 1 saturated carbocycles. The zero-order valence-corrected chi connectivity index (χ0v) is 10.00. The monoisotopic (exact) mass is 198 g/mol. The van der Waals surface area contributed by atoms with Gasteiger partial charge in [0.2, 0.25) is 0 Å². The summed E-state index contributed by atoms with van der Waals surface area (Å²) in [6.07, 6.45) is 6.81.